The number of carbonyl (C=O) groups is 1. The van der Waals surface area contributed by atoms with Crippen LogP contribution in [0, 0.1) is 0 Å². The lowest BCUT2D eigenvalue weighted by atomic mass is 10.0. The van der Waals surface area contributed by atoms with Crippen LogP contribution >= 0.6 is 24.8 Å². The second-order valence-corrected chi connectivity index (χ2v) is 7.48. The Morgan fingerprint density at radius 1 is 0.739 bits per heavy atom. The molecule has 0 unspecified atom stereocenters. The summed E-state index contributed by atoms with van der Waals surface area (Å²) in [5.41, 5.74) is 0. The highest BCUT2D eigenvalue weighted by molar-refractivity contribution is 8.11. The Kier molecular flexibility index (Phi) is 17.8. The fraction of sp³-hybridized carbons (Fsp3) is 0.889. The highest BCUT2D eigenvalue weighted by atomic mass is 32.1. The van der Waals surface area contributed by atoms with Crippen molar-refractivity contribution in [1.82, 2.24) is 5.32 Å². The molecule has 23 heavy (non-hydrogen) atoms. The fourth-order valence-electron chi connectivity index (χ4n) is 2.72. The summed E-state index contributed by atoms with van der Waals surface area (Å²) >= 11 is 8.87. The van der Waals surface area contributed by atoms with Crippen molar-refractivity contribution in [1.29, 1.82) is 0 Å². The molecule has 0 aromatic carbocycles. The molecule has 0 fully saturated rings. The average molecular weight is 362 g/mol. The summed E-state index contributed by atoms with van der Waals surface area (Å²) in [6.45, 7) is 0.957. The standard InChI is InChI=1S/C18H35NO2S2/c20-17(21)15-13-11-9-7-5-3-1-2-4-6-8-10-12-14-16-19-18(22)23/h1-16H2,(H,20,21)(H2,19,22,23). The van der Waals surface area contributed by atoms with Gasteiger partial charge in [-0.2, -0.15) is 0 Å². The molecule has 136 valence electrons. The van der Waals surface area contributed by atoms with Crippen molar-refractivity contribution in [3.05, 3.63) is 0 Å². The van der Waals surface area contributed by atoms with Crippen molar-refractivity contribution in [2.45, 2.75) is 96.3 Å². The van der Waals surface area contributed by atoms with Crippen molar-refractivity contribution in [2.24, 2.45) is 0 Å². The Balaban J connectivity index is 3.00. The van der Waals surface area contributed by atoms with Crippen LogP contribution in [0.25, 0.3) is 0 Å². The van der Waals surface area contributed by atoms with Crippen LogP contribution in [0.3, 0.4) is 0 Å². The number of thiol groups is 1. The van der Waals surface area contributed by atoms with Crippen LogP contribution in [0.5, 0.6) is 0 Å². The van der Waals surface area contributed by atoms with E-state index < -0.39 is 5.97 Å². The van der Waals surface area contributed by atoms with Crippen LogP contribution in [0.4, 0.5) is 0 Å². The van der Waals surface area contributed by atoms with Gasteiger partial charge in [0.2, 0.25) is 0 Å². The molecular formula is C18H35NO2S2. The van der Waals surface area contributed by atoms with E-state index in [1.165, 1.54) is 77.0 Å². The SMILES string of the molecule is O=C(O)CCCCCCCCCCCCCCCCNC(=S)S. The molecule has 0 aromatic heterocycles. The normalized spacial score (nSPS) is 10.7. The minimum Gasteiger partial charge on any atom is -0.481 e. The Morgan fingerprint density at radius 2 is 1.09 bits per heavy atom. The summed E-state index contributed by atoms with van der Waals surface area (Å²) < 4.78 is 0.602. The second kappa shape index (κ2) is 18.1. The minimum atomic E-state index is -0.663. The van der Waals surface area contributed by atoms with Gasteiger partial charge in [0.15, 0.2) is 0 Å². The smallest absolute Gasteiger partial charge is 0.303 e. The number of carboxylic acids is 1. The fourth-order valence-corrected chi connectivity index (χ4v) is 2.93. The number of hydrogen-bond donors (Lipinski definition) is 3. The van der Waals surface area contributed by atoms with Gasteiger partial charge >= 0.3 is 5.97 Å². The third-order valence-corrected chi connectivity index (χ3v) is 4.40. The molecule has 3 nitrogen and oxygen atoms in total. The molecule has 0 rings (SSSR count). The van der Waals surface area contributed by atoms with E-state index >= 15 is 0 Å². The van der Waals surface area contributed by atoms with E-state index in [0.717, 1.165) is 19.4 Å². The molecule has 0 saturated carbocycles. The van der Waals surface area contributed by atoms with Crippen molar-refractivity contribution < 1.29 is 9.90 Å². The van der Waals surface area contributed by atoms with Crippen molar-refractivity contribution >= 4 is 35.1 Å². The van der Waals surface area contributed by atoms with Crippen LogP contribution in [0.15, 0.2) is 0 Å². The highest BCUT2D eigenvalue weighted by Gasteiger charge is 1.97. The van der Waals surface area contributed by atoms with Gasteiger partial charge in [-0.15, -0.1) is 12.6 Å². The number of hydrogen-bond acceptors (Lipinski definition) is 2. The maximum Gasteiger partial charge on any atom is 0.303 e. The first kappa shape index (κ1) is 22.7. The molecule has 0 bridgehead atoms. The van der Waals surface area contributed by atoms with Crippen LogP contribution < -0.4 is 5.32 Å². The van der Waals surface area contributed by atoms with Gasteiger partial charge in [-0.1, -0.05) is 89.3 Å². The third-order valence-electron chi connectivity index (χ3n) is 4.09. The van der Waals surface area contributed by atoms with E-state index in [1.807, 2.05) is 0 Å². The summed E-state index contributed by atoms with van der Waals surface area (Å²) in [6, 6.07) is 0. The van der Waals surface area contributed by atoms with Crippen LogP contribution in [-0.4, -0.2) is 21.9 Å². The lowest BCUT2D eigenvalue weighted by Gasteiger charge is -2.04. The van der Waals surface area contributed by atoms with E-state index in [2.05, 4.69) is 17.9 Å². The van der Waals surface area contributed by atoms with Gasteiger partial charge in [0.05, 0.1) is 0 Å². The molecule has 2 N–H and O–H groups in total. The summed E-state index contributed by atoms with van der Waals surface area (Å²) in [7, 11) is 0. The number of aliphatic carboxylic acids is 1. The molecule has 5 heteroatoms. The molecule has 0 aliphatic heterocycles. The number of rotatable bonds is 17. The molecule has 0 aromatic rings. The van der Waals surface area contributed by atoms with E-state index in [1.54, 1.807) is 0 Å². The first-order valence-corrected chi connectivity index (χ1v) is 10.2. The lowest BCUT2D eigenvalue weighted by molar-refractivity contribution is -0.137. The van der Waals surface area contributed by atoms with Crippen LogP contribution in [0.2, 0.25) is 0 Å². The van der Waals surface area contributed by atoms with Gasteiger partial charge in [0.25, 0.3) is 0 Å². The quantitative estimate of drug-likeness (QED) is 0.176. The Morgan fingerprint density at radius 3 is 1.43 bits per heavy atom. The zero-order chi connectivity index (χ0) is 17.2. The summed E-state index contributed by atoms with van der Waals surface area (Å²) in [5, 5.41) is 11.6. The Hall–Kier alpha value is -0.290. The average Bonchev–Trinajstić information content (AvgIpc) is 2.49. The zero-order valence-electron chi connectivity index (χ0n) is 14.5. The van der Waals surface area contributed by atoms with E-state index in [4.69, 9.17) is 17.3 Å². The van der Waals surface area contributed by atoms with Gasteiger partial charge in [-0.05, 0) is 12.8 Å². The molecule has 0 aliphatic carbocycles. The third kappa shape index (κ3) is 21.7. The van der Waals surface area contributed by atoms with E-state index in [0.29, 0.717) is 10.7 Å². The number of thiocarbonyl (C=S) groups is 1. The predicted molar refractivity (Wildman–Crippen MR) is 106 cm³/mol. The topological polar surface area (TPSA) is 49.3 Å². The van der Waals surface area contributed by atoms with Gasteiger partial charge in [0, 0.05) is 13.0 Å². The molecule has 0 radical (unpaired) electrons. The summed E-state index contributed by atoms with van der Waals surface area (Å²) in [5.74, 6) is -0.663. The Bertz CT molecular complexity index is 271. The lowest BCUT2D eigenvalue weighted by Crippen LogP contribution is -2.17. The van der Waals surface area contributed by atoms with Crippen LogP contribution in [0.1, 0.15) is 96.3 Å². The molecule has 0 saturated heterocycles. The largest absolute Gasteiger partial charge is 0.481 e. The first-order valence-electron chi connectivity index (χ1n) is 9.31. The van der Waals surface area contributed by atoms with Crippen molar-refractivity contribution in [2.75, 3.05) is 6.54 Å². The predicted octanol–water partition coefficient (Wildman–Crippen LogP) is 5.73. The summed E-state index contributed by atoms with van der Waals surface area (Å²) in [6.07, 6.45) is 18.0. The number of carboxylic acid groups (broad SMARTS) is 1. The maximum atomic E-state index is 10.4. The highest BCUT2D eigenvalue weighted by Crippen LogP contribution is 2.13. The van der Waals surface area contributed by atoms with Gasteiger partial charge in [-0.25, -0.2) is 0 Å². The second-order valence-electron chi connectivity index (χ2n) is 6.33. The molecule has 0 aliphatic rings. The maximum absolute atomic E-state index is 10.4. The molecule has 0 heterocycles. The van der Waals surface area contributed by atoms with Gasteiger partial charge in [0.1, 0.15) is 4.32 Å². The molecule has 0 atom stereocenters. The summed E-state index contributed by atoms with van der Waals surface area (Å²) in [4.78, 5) is 10.4. The zero-order valence-corrected chi connectivity index (χ0v) is 16.2. The van der Waals surface area contributed by atoms with Crippen LogP contribution in [-0.2, 0) is 4.79 Å². The van der Waals surface area contributed by atoms with Gasteiger partial charge < -0.3 is 10.4 Å². The molecule has 0 amide bonds. The first-order chi connectivity index (χ1) is 11.1. The van der Waals surface area contributed by atoms with Crippen molar-refractivity contribution in [3.63, 3.8) is 0 Å². The molecule has 0 spiro atoms. The monoisotopic (exact) mass is 361 g/mol. The van der Waals surface area contributed by atoms with E-state index in [-0.39, 0.29) is 0 Å². The van der Waals surface area contributed by atoms with Crippen molar-refractivity contribution in [3.8, 4) is 0 Å². The van der Waals surface area contributed by atoms with Gasteiger partial charge in [-0.3, -0.25) is 4.79 Å². The number of unbranched alkanes of at least 4 members (excludes halogenated alkanes) is 13. The Labute approximate surface area is 153 Å². The number of nitrogens with one attached hydrogen (secondary N) is 1. The molecular weight excluding hydrogens is 326 g/mol. The minimum absolute atomic E-state index is 0.332. The van der Waals surface area contributed by atoms with E-state index in [9.17, 15) is 4.79 Å².